The molecule has 0 bridgehead atoms. The van der Waals surface area contributed by atoms with E-state index in [4.69, 9.17) is 4.74 Å². The van der Waals surface area contributed by atoms with Gasteiger partial charge in [0, 0.05) is 43.2 Å². The van der Waals surface area contributed by atoms with Gasteiger partial charge in [0.2, 0.25) is 0 Å². The largest absolute Gasteiger partial charge is 0.371 e. The van der Waals surface area contributed by atoms with E-state index in [9.17, 15) is 4.79 Å². The molecule has 3 aromatic rings. The average Bonchev–Trinajstić information content (AvgIpc) is 3.23. The van der Waals surface area contributed by atoms with Crippen LogP contribution in [0, 0.1) is 0 Å². The fraction of sp³-hybridized carbons (Fsp3) is 0.294. The van der Waals surface area contributed by atoms with Gasteiger partial charge in [-0.15, -0.1) is 0 Å². The van der Waals surface area contributed by atoms with Crippen LogP contribution in [0.1, 0.15) is 28.6 Å². The molecule has 0 saturated carbocycles. The van der Waals surface area contributed by atoms with Crippen molar-refractivity contribution in [1.29, 1.82) is 0 Å². The zero-order valence-electron chi connectivity index (χ0n) is 13.2. The molecule has 1 saturated heterocycles. The predicted octanol–water partition coefficient (Wildman–Crippen LogP) is 1.62. The van der Waals surface area contributed by atoms with Crippen molar-refractivity contribution in [2.24, 2.45) is 7.05 Å². The highest BCUT2D eigenvalue weighted by molar-refractivity contribution is 6.03. The fourth-order valence-electron chi connectivity index (χ4n) is 3.06. The van der Waals surface area contributed by atoms with Crippen molar-refractivity contribution in [2.45, 2.75) is 18.6 Å². The van der Waals surface area contributed by atoms with Crippen molar-refractivity contribution in [3.05, 3.63) is 54.2 Å². The van der Waals surface area contributed by atoms with Crippen LogP contribution in [0.25, 0.3) is 10.9 Å². The van der Waals surface area contributed by atoms with Crippen LogP contribution in [0.4, 0.5) is 0 Å². The summed E-state index contributed by atoms with van der Waals surface area (Å²) >= 11 is 0. The molecule has 0 spiro atoms. The van der Waals surface area contributed by atoms with E-state index in [2.05, 4.69) is 20.4 Å². The SMILES string of the molecule is Cn1cc([C@@H]2OCC[C@H]2NC(=O)c2nccc3cccnc23)cn1. The van der Waals surface area contributed by atoms with Gasteiger partial charge in [-0.2, -0.15) is 5.10 Å². The second-order valence-electron chi connectivity index (χ2n) is 5.84. The number of hydrogen-bond donors (Lipinski definition) is 1. The molecule has 7 nitrogen and oxygen atoms in total. The minimum absolute atomic E-state index is 0.109. The number of pyridine rings is 2. The van der Waals surface area contributed by atoms with Crippen molar-refractivity contribution in [1.82, 2.24) is 25.1 Å². The number of aromatic nitrogens is 4. The van der Waals surface area contributed by atoms with E-state index in [0.717, 1.165) is 17.4 Å². The number of aryl methyl sites for hydroxylation is 1. The van der Waals surface area contributed by atoms with Crippen LogP contribution in [0.2, 0.25) is 0 Å². The number of amides is 1. The molecule has 1 fully saturated rings. The second-order valence-corrected chi connectivity index (χ2v) is 5.84. The minimum atomic E-state index is -0.233. The normalized spacial score (nSPS) is 20.4. The number of nitrogens with one attached hydrogen (secondary N) is 1. The van der Waals surface area contributed by atoms with Crippen LogP contribution in [0.15, 0.2) is 43.0 Å². The lowest BCUT2D eigenvalue weighted by Crippen LogP contribution is -2.37. The molecule has 3 aromatic heterocycles. The van der Waals surface area contributed by atoms with E-state index in [-0.39, 0.29) is 18.1 Å². The molecule has 0 aromatic carbocycles. The maximum Gasteiger partial charge on any atom is 0.272 e. The van der Waals surface area contributed by atoms with Crippen molar-refractivity contribution < 1.29 is 9.53 Å². The van der Waals surface area contributed by atoms with Gasteiger partial charge in [-0.25, -0.2) is 4.98 Å². The van der Waals surface area contributed by atoms with E-state index in [1.54, 1.807) is 23.3 Å². The number of carbonyl (C=O) groups is 1. The standard InChI is InChI=1S/C17H17N5O2/c1-22-10-12(9-20-22)16-13(5-8-24-16)21-17(23)15-14-11(4-7-19-15)3-2-6-18-14/h2-4,6-7,9-10,13,16H,5,8H2,1H3,(H,21,23)/t13-,16+/m1/s1. The van der Waals surface area contributed by atoms with Gasteiger partial charge in [0.25, 0.3) is 5.91 Å². The Hall–Kier alpha value is -2.80. The zero-order chi connectivity index (χ0) is 16.5. The number of ether oxygens (including phenoxy) is 1. The van der Waals surface area contributed by atoms with E-state index in [0.29, 0.717) is 17.8 Å². The lowest BCUT2D eigenvalue weighted by molar-refractivity contribution is 0.0819. The van der Waals surface area contributed by atoms with Gasteiger partial charge in [0.1, 0.15) is 11.6 Å². The minimum Gasteiger partial charge on any atom is -0.371 e. The first-order valence-corrected chi connectivity index (χ1v) is 7.83. The molecule has 1 N–H and O–H groups in total. The Balaban J connectivity index is 1.59. The van der Waals surface area contributed by atoms with E-state index < -0.39 is 0 Å². The molecule has 0 radical (unpaired) electrons. The fourth-order valence-corrected chi connectivity index (χ4v) is 3.06. The van der Waals surface area contributed by atoms with Crippen molar-refractivity contribution in [3.63, 3.8) is 0 Å². The zero-order valence-corrected chi connectivity index (χ0v) is 13.2. The summed E-state index contributed by atoms with van der Waals surface area (Å²) in [5.41, 5.74) is 1.91. The number of hydrogen-bond acceptors (Lipinski definition) is 5. The van der Waals surface area contributed by atoms with Crippen molar-refractivity contribution >= 4 is 16.8 Å². The smallest absolute Gasteiger partial charge is 0.272 e. The summed E-state index contributed by atoms with van der Waals surface area (Å²) in [6.45, 7) is 0.603. The molecule has 1 amide bonds. The number of carbonyl (C=O) groups excluding carboxylic acids is 1. The molecule has 24 heavy (non-hydrogen) atoms. The molecule has 4 heterocycles. The Morgan fingerprint density at radius 1 is 1.33 bits per heavy atom. The average molecular weight is 323 g/mol. The molecule has 2 atom stereocenters. The summed E-state index contributed by atoms with van der Waals surface area (Å²) in [7, 11) is 1.86. The van der Waals surface area contributed by atoms with Crippen LogP contribution in [0.5, 0.6) is 0 Å². The summed E-state index contributed by atoms with van der Waals surface area (Å²) < 4.78 is 7.51. The lowest BCUT2D eigenvalue weighted by Gasteiger charge is -2.18. The quantitative estimate of drug-likeness (QED) is 0.792. The lowest BCUT2D eigenvalue weighted by atomic mass is 10.1. The maximum absolute atomic E-state index is 12.7. The van der Waals surface area contributed by atoms with E-state index in [1.807, 2.05) is 31.4 Å². The highest BCUT2D eigenvalue weighted by atomic mass is 16.5. The molecule has 0 unspecified atom stereocenters. The predicted molar refractivity (Wildman–Crippen MR) is 87.3 cm³/mol. The Labute approximate surface area is 138 Å². The number of nitrogens with zero attached hydrogens (tertiary/aromatic N) is 4. The third-order valence-electron chi connectivity index (χ3n) is 4.20. The molecule has 1 aliphatic heterocycles. The Bertz CT molecular complexity index is 886. The third kappa shape index (κ3) is 2.63. The van der Waals surface area contributed by atoms with Crippen LogP contribution in [0.3, 0.4) is 0 Å². The molecule has 0 aliphatic carbocycles. The van der Waals surface area contributed by atoms with Gasteiger partial charge in [-0.05, 0) is 18.6 Å². The summed E-state index contributed by atoms with van der Waals surface area (Å²) in [6, 6.07) is 5.49. The number of rotatable bonds is 3. The van der Waals surface area contributed by atoms with Crippen LogP contribution >= 0.6 is 0 Å². The molecular weight excluding hydrogens is 306 g/mol. The monoisotopic (exact) mass is 323 g/mol. The van der Waals surface area contributed by atoms with Gasteiger partial charge in [0.05, 0.1) is 12.2 Å². The van der Waals surface area contributed by atoms with Gasteiger partial charge in [0.15, 0.2) is 5.69 Å². The number of fused-ring (bicyclic) bond motifs is 1. The highest BCUT2D eigenvalue weighted by Gasteiger charge is 2.32. The van der Waals surface area contributed by atoms with Gasteiger partial charge < -0.3 is 10.1 Å². The first-order valence-electron chi connectivity index (χ1n) is 7.83. The van der Waals surface area contributed by atoms with Crippen molar-refractivity contribution in [2.75, 3.05) is 6.61 Å². The summed E-state index contributed by atoms with van der Waals surface area (Å²) in [4.78, 5) is 21.2. The second kappa shape index (κ2) is 6.01. The molecule has 7 heteroatoms. The van der Waals surface area contributed by atoms with Crippen LogP contribution in [-0.2, 0) is 11.8 Å². The highest BCUT2D eigenvalue weighted by Crippen LogP contribution is 2.29. The van der Waals surface area contributed by atoms with E-state index in [1.165, 1.54) is 0 Å². The van der Waals surface area contributed by atoms with Crippen molar-refractivity contribution in [3.8, 4) is 0 Å². The molecule has 1 aliphatic rings. The Morgan fingerprint density at radius 2 is 2.25 bits per heavy atom. The molecule has 4 rings (SSSR count). The third-order valence-corrected chi connectivity index (χ3v) is 4.20. The first kappa shape index (κ1) is 14.8. The van der Waals surface area contributed by atoms with Gasteiger partial charge in [-0.3, -0.25) is 14.5 Å². The molecule has 122 valence electrons. The van der Waals surface area contributed by atoms with E-state index >= 15 is 0 Å². The van der Waals surface area contributed by atoms with Gasteiger partial charge in [-0.1, -0.05) is 6.07 Å². The van der Waals surface area contributed by atoms with Crippen LogP contribution < -0.4 is 5.32 Å². The van der Waals surface area contributed by atoms with Gasteiger partial charge >= 0.3 is 0 Å². The summed E-state index contributed by atoms with van der Waals surface area (Å²) in [6.07, 6.45) is 7.54. The topological polar surface area (TPSA) is 81.9 Å². The van der Waals surface area contributed by atoms with Crippen LogP contribution in [-0.4, -0.2) is 38.3 Å². The Kier molecular flexibility index (Phi) is 3.70. The summed E-state index contributed by atoms with van der Waals surface area (Å²) in [5.74, 6) is -0.233. The molecular formula is C17H17N5O2. The Morgan fingerprint density at radius 3 is 3.08 bits per heavy atom. The maximum atomic E-state index is 12.7. The summed E-state index contributed by atoms with van der Waals surface area (Å²) in [5, 5.41) is 8.11. The first-order chi connectivity index (χ1) is 11.7.